The number of aromatic hydroxyl groups is 1. The molecule has 4 rings (SSSR count). The van der Waals surface area contributed by atoms with Crippen LogP contribution >= 0.6 is 0 Å². The largest absolute Gasteiger partial charge is 0.508 e. The number of benzene rings is 2. The van der Waals surface area contributed by atoms with Gasteiger partial charge in [-0.05, 0) is 36.8 Å². The van der Waals surface area contributed by atoms with Crippen LogP contribution in [0.25, 0.3) is 0 Å². The molecule has 1 unspecified atom stereocenters. The Bertz CT molecular complexity index is 1020. The summed E-state index contributed by atoms with van der Waals surface area (Å²) in [5.74, 6) is 0.264. The van der Waals surface area contributed by atoms with Gasteiger partial charge < -0.3 is 30.1 Å². The van der Waals surface area contributed by atoms with E-state index in [0.717, 1.165) is 0 Å². The summed E-state index contributed by atoms with van der Waals surface area (Å²) in [5, 5.41) is 15.0. The van der Waals surface area contributed by atoms with E-state index in [-0.39, 0.29) is 29.9 Å². The molecule has 168 valence electrons. The zero-order chi connectivity index (χ0) is 22.5. The second-order valence-electron chi connectivity index (χ2n) is 7.68. The van der Waals surface area contributed by atoms with Crippen LogP contribution in [0.3, 0.4) is 0 Å². The number of hydrogen-bond acceptors (Lipinski definition) is 6. The van der Waals surface area contributed by atoms with Gasteiger partial charge in [-0.1, -0.05) is 6.07 Å². The summed E-state index contributed by atoms with van der Waals surface area (Å²) in [5.41, 5.74) is 1.06. The number of phenolic OH excluding ortho intramolecular Hbond substituents is 1. The molecule has 0 saturated carbocycles. The fourth-order valence-corrected chi connectivity index (χ4v) is 3.73. The van der Waals surface area contributed by atoms with Crippen LogP contribution < -0.4 is 25.0 Å². The highest BCUT2D eigenvalue weighted by molar-refractivity contribution is 6.00. The molecule has 1 fully saturated rings. The van der Waals surface area contributed by atoms with Gasteiger partial charge in [-0.2, -0.15) is 0 Å². The molecule has 0 bridgehead atoms. The molecule has 9 heteroatoms. The quantitative estimate of drug-likeness (QED) is 0.563. The van der Waals surface area contributed by atoms with Gasteiger partial charge in [0.15, 0.2) is 11.5 Å². The molecule has 2 aromatic rings. The third kappa shape index (κ3) is 4.93. The monoisotopic (exact) mass is 439 g/mol. The summed E-state index contributed by atoms with van der Waals surface area (Å²) in [6, 6.07) is 11.4. The molecule has 0 aliphatic carbocycles. The first-order chi connectivity index (χ1) is 15.5. The van der Waals surface area contributed by atoms with Gasteiger partial charge in [0.25, 0.3) is 5.91 Å². The number of nitrogens with one attached hydrogen (secondary N) is 2. The van der Waals surface area contributed by atoms with E-state index in [0.29, 0.717) is 62.0 Å². The molecule has 2 aromatic carbocycles. The lowest BCUT2D eigenvalue weighted by Gasteiger charge is -2.22. The normalized spacial score (nSPS) is 17.2. The van der Waals surface area contributed by atoms with Crippen LogP contribution in [-0.2, 0) is 9.59 Å². The predicted octanol–water partition coefficient (Wildman–Crippen LogP) is 1.45. The Hall–Kier alpha value is -3.75. The minimum atomic E-state index is -0.433. The second-order valence-corrected chi connectivity index (χ2v) is 7.68. The van der Waals surface area contributed by atoms with Crippen molar-refractivity contribution in [3.63, 3.8) is 0 Å². The minimum Gasteiger partial charge on any atom is -0.508 e. The molecule has 2 aliphatic heterocycles. The number of phenols is 1. The third-order valence-corrected chi connectivity index (χ3v) is 5.38. The number of carbonyl (C=O) groups is 3. The van der Waals surface area contributed by atoms with Crippen molar-refractivity contribution in [3.8, 4) is 17.2 Å². The molecule has 2 aliphatic rings. The molecule has 2 heterocycles. The molecule has 3 amide bonds. The van der Waals surface area contributed by atoms with Crippen LogP contribution in [0.15, 0.2) is 42.5 Å². The lowest BCUT2D eigenvalue weighted by Crippen LogP contribution is -2.35. The van der Waals surface area contributed by atoms with Crippen LogP contribution in [0.4, 0.5) is 5.69 Å². The number of carbonyl (C=O) groups excluding carboxylic acids is 3. The second kappa shape index (κ2) is 9.59. The zero-order valence-electron chi connectivity index (χ0n) is 17.5. The Labute approximate surface area is 185 Å². The van der Waals surface area contributed by atoms with E-state index in [1.54, 1.807) is 35.2 Å². The van der Waals surface area contributed by atoms with Crippen LogP contribution in [0.5, 0.6) is 17.2 Å². The number of rotatable bonds is 7. The molecule has 0 aromatic heterocycles. The third-order valence-electron chi connectivity index (χ3n) is 5.38. The maximum atomic E-state index is 12.5. The number of nitrogens with zero attached hydrogens (tertiary/aromatic N) is 1. The fourth-order valence-electron chi connectivity index (χ4n) is 3.73. The first-order valence-corrected chi connectivity index (χ1v) is 10.6. The first-order valence-electron chi connectivity index (χ1n) is 10.6. The van der Waals surface area contributed by atoms with Gasteiger partial charge in [-0.15, -0.1) is 0 Å². The first kappa shape index (κ1) is 21.5. The summed E-state index contributed by atoms with van der Waals surface area (Å²) < 4.78 is 11.1. The smallest absolute Gasteiger partial charge is 0.251 e. The van der Waals surface area contributed by atoms with E-state index in [1.165, 1.54) is 12.1 Å². The maximum absolute atomic E-state index is 12.5. The van der Waals surface area contributed by atoms with Gasteiger partial charge in [0.1, 0.15) is 19.0 Å². The lowest BCUT2D eigenvalue weighted by atomic mass is 10.1. The lowest BCUT2D eigenvalue weighted by molar-refractivity contribution is -0.126. The SMILES string of the molecule is O=C(NCCCNC(=O)C1CC(=O)N(c2ccc3c(c2)OCCO3)C1)c1cccc(O)c1. The van der Waals surface area contributed by atoms with Crippen LogP contribution in [0.1, 0.15) is 23.2 Å². The van der Waals surface area contributed by atoms with E-state index in [9.17, 15) is 19.5 Å². The van der Waals surface area contributed by atoms with Gasteiger partial charge in [0, 0.05) is 43.4 Å². The summed E-state index contributed by atoms with van der Waals surface area (Å²) in [7, 11) is 0. The van der Waals surface area contributed by atoms with Crippen LogP contribution in [-0.4, -0.2) is 55.7 Å². The van der Waals surface area contributed by atoms with Crippen molar-refractivity contribution in [3.05, 3.63) is 48.0 Å². The van der Waals surface area contributed by atoms with E-state index < -0.39 is 5.92 Å². The number of fused-ring (bicyclic) bond motifs is 1. The maximum Gasteiger partial charge on any atom is 0.251 e. The molecule has 0 radical (unpaired) electrons. The van der Waals surface area contributed by atoms with E-state index in [2.05, 4.69) is 10.6 Å². The van der Waals surface area contributed by atoms with Gasteiger partial charge in [-0.25, -0.2) is 0 Å². The number of anilines is 1. The Morgan fingerprint density at radius 3 is 2.62 bits per heavy atom. The summed E-state index contributed by atoms with van der Waals surface area (Å²) in [6.45, 7) is 2.02. The molecule has 3 N–H and O–H groups in total. The topological polar surface area (TPSA) is 117 Å². The van der Waals surface area contributed by atoms with Crippen molar-refractivity contribution < 1.29 is 29.0 Å². The molecule has 1 atom stereocenters. The summed E-state index contributed by atoms with van der Waals surface area (Å²) in [4.78, 5) is 38.6. The van der Waals surface area contributed by atoms with Crippen molar-refractivity contribution in [2.45, 2.75) is 12.8 Å². The highest BCUT2D eigenvalue weighted by Crippen LogP contribution is 2.35. The number of amides is 3. The molecular formula is C23H25N3O6. The zero-order valence-corrected chi connectivity index (χ0v) is 17.5. The molecule has 1 saturated heterocycles. The minimum absolute atomic E-state index is 0.0290. The van der Waals surface area contributed by atoms with E-state index >= 15 is 0 Å². The Balaban J connectivity index is 1.21. The van der Waals surface area contributed by atoms with Gasteiger partial charge in [0.05, 0.1) is 5.92 Å². The highest BCUT2D eigenvalue weighted by atomic mass is 16.6. The number of hydrogen-bond donors (Lipinski definition) is 3. The van der Waals surface area contributed by atoms with Crippen molar-refractivity contribution in [1.82, 2.24) is 10.6 Å². The van der Waals surface area contributed by atoms with Crippen molar-refractivity contribution >= 4 is 23.4 Å². The highest BCUT2D eigenvalue weighted by Gasteiger charge is 2.35. The van der Waals surface area contributed by atoms with Gasteiger partial charge >= 0.3 is 0 Å². The van der Waals surface area contributed by atoms with Crippen LogP contribution in [0, 0.1) is 5.92 Å². The van der Waals surface area contributed by atoms with Gasteiger partial charge in [0.2, 0.25) is 11.8 Å². The van der Waals surface area contributed by atoms with Crippen molar-refractivity contribution in [2.75, 3.05) is 37.7 Å². The Kier molecular flexibility index (Phi) is 6.44. The molecular weight excluding hydrogens is 414 g/mol. The summed E-state index contributed by atoms with van der Waals surface area (Å²) in [6.07, 6.45) is 0.692. The van der Waals surface area contributed by atoms with Crippen LogP contribution in [0.2, 0.25) is 0 Å². The standard InChI is InChI=1S/C23H25N3O6/c27-18-4-1-3-15(11-18)22(29)24-7-2-8-25-23(30)16-12-21(28)26(14-16)17-5-6-19-20(13-17)32-10-9-31-19/h1,3-6,11,13,16,27H,2,7-10,12,14H2,(H,24,29)(H,25,30). The molecule has 9 nitrogen and oxygen atoms in total. The van der Waals surface area contributed by atoms with Crippen molar-refractivity contribution in [2.24, 2.45) is 5.92 Å². The van der Waals surface area contributed by atoms with E-state index in [1.807, 2.05) is 0 Å². The summed E-state index contributed by atoms with van der Waals surface area (Å²) >= 11 is 0. The van der Waals surface area contributed by atoms with E-state index in [4.69, 9.17) is 9.47 Å². The Morgan fingerprint density at radius 2 is 1.81 bits per heavy atom. The average molecular weight is 439 g/mol. The van der Waals surface area contributed by atoms with Crippen molar-refractivity contribution in [1.29, 1.82) is 0 Å². The fraction of sp³-hybridized carbons (Fsp3) is 0.348. The average Bonchev–Trinajstić information content (AvgIpc) is 3.20. The van der Waals surface area contributed by atoms with Gasteiger partial charge in [-0.3, -0.25) is 14.4 Å². The molecule has 32 heavy (non-hydrogen) atoms. The Morgan fingerprint density at radius 1 is 1.03 bits per heavy atom. The molecule has 0 spiro atoms. The number of ether oxygens (including phenoxy) is 2. The predicted molar refractivity (Wildman–Crippen MR) is 116 cm³/mol.